The van der Waals surface area contributed by atoms with Crippen LogP contribution in [-0.2, 0) is 28.0 Å². The number of nitrogens with zero attached hydrogens (tertiary/aromatic N) is 4. The number of fused-ring (bicyclic) bond motifs is 2. The van der Waals surface area contributed by atoms with Gasteiger partial charge in [-0.1, -0.05) is 10.3 Å². The van der Waals surface area contributed by atoms with E-state index in [4.69, 9.17) is 4.74 Å². The van der Waals surface area contributed by atoms with Crippen LogP contribution in [-0.4, -0.2) is 51.0 Å². The van der Waals surface area contributed by atoms with Gasteiger partial charge in [0.25, 0.3) is 0 Å². The molecular formula is C15H19N5O3. The Hall–Kier alpha value is -2.22. The fourth-order valence-electron chi connectivity index (χ4n) is 3.50. The number of aryl methyl sites for hydroxylation is 1. The number of H-pyrrole nitrogens is 1. The molecule has 4 heterocycles. The number of likely N-dealkylation sites (tertiary alicyclic amines) is 1. The number of carbonyl (C=O) groups is 1. The quantitative estimate of drug-likeness (QED) is 0.877. The van der Waals surface area contributed by atoms with Crippen molar-refractivity contribution in [3.63, 3.8) is 0 Å². The molecule has 0 aliphatic carbocycles. The maximum absolute atomic E-state index is 12.4. The van der Waals surface area contributed by atoms with Crippen molar-refractivity contribution in [2.24, 2.45) is 0 Å². The highest BCUT2D eigenvalue weighted by Gasteiger charge is 2.43. The van der Waals surface area contributed by atoms with Gasteiger partial charge in [0.1, 0.15) is 17.0 Å². The van der Waals surface area contributed by atoms with E-state index in [0.29, 0.717) is 31.1 Å². The standard InChI is InChI=1S/C15H19N5O3/c1-10-12(19-23-18-10)8-13(21)20-5-3-15(4-6-20)14-11(2-7-22-15)9-16-17-14/h9H,2-8H2,1H3,(H,16,17). The van der Waals surface area contributed by atoms with Crippen molar-refractivity contribution in [2.45, 2.75) is 38.2 Å². The van der Waals surface area contributed by atoms with Gasteiger partial charge in [-0.2, -0.15) is 5.10 Å². The van der Waals surface area contributed by atoms with Gasteiger partial charge >= 0.3 is 0 Å². The van der Waals surface area contributed by atoms with E-state index in [-0.39, 0.29) is 17.9 Å². The largest absolute Gasteiger partial charge is 0.368 e. The van der Waals surface area contributed by atoms with Gasteiger partial charge < -0.3 is 9.64 Å². The fraction of sp³-hybridized carbons (Fsp3) is 0.600. The van der Waals surface area contributed by atoms with Crippen LogP contribution in [0.5, 0.6) is 0 Å². The zero-order valence-electron chi connectivity index (χ0n) is 13.0. The first kappa shape index (κ1) is 14.4. The summed E-state index contributed by atoms with van der Waals surface area (Å²) in [7, 11) is 0. The molecule has 0 aromatic carbocycles. The normalized spacial score (nSPS) is 19.8. The Labute approximate surface area is 133 Å². The Bertz CT molecular complexity index is 714. The Morgan fingerprint density at radius 2 is 2.22 bits per heavy atom. The predicted molar refractivity (Wildman–Crippen MR) is 78.5 cm³/mol. The van der Waals surface area contributed by atoms with Crippen molar-refractivity contribution in [3.8, 4) is 0 Å². The van der Waals surface area contributed by atoms with Crippen LogP contribution in [0.1, 0.15) is 35.5 Å². The smallest absolute Gasteiger partial charge is 0.228 e. The summed E-state index contributed by atoms with van der Waals surface area (Å²) in [5.74, 6) is 0.0549. The lowest BCUT2D eigenvalue weighted by atomic mass is 9.83. The fourth-order valence-corrected chi connectivity index (χ4v) is 3.50. The third-order valence-corrected chi connectivity index (χ3v) is 4.91. The molecule has 0 saturated carbocycles. The number of amides is 1. The molecule has 2 aromatic heterocycles. The Kier molecular flexibility index (Phi) is 3.41. The molecule has 0 radical (unpaired) electrons. The Morgan fingerprint density at radius 1 is 1.39 bits per heavy atom. The second-order valence-electron chi connectivity index (χ2n) is 6.22. The summed E-state index contributed by atoms with van der Waals surface area (Å²) in [4.78, 5) is 14.3. The van der Waals surface area contributed by atoms with Crippen LogP contribution in [0.4, 0.5) is 0 Å². The van der Waals surface area contributed by atoms with Crippen LogP contribution in [0.15, 0.2) is 10.8 Å². The zero-order valence-corrected chi connectivity index (χ0v) is 13.0. The molecule has 0 bridgehead atoms. The number of nitrogens with one attached hydrogen (secondary N) is 1. The highest BCUT2D eigenvalue weighted by molar-refractivity contribution is 5.78. The first-order chi connectivity index (χ1) is 11.2. The number of ether oxygens (including phenoxy) is 1. The number of aromatic nitrogens is 4. The lowest BCUT2D eigenvalue weighted by molar-refractivity contribution is -0.140. The molecule has 2 aromatic rings. The Morgan fingerprint density at radius 3 is 2.96 bits per heavy atom. The number of rotatable bonds is 2. The molecule has 1 amide bonds. The van der Waals surface area contributed by atoms with Gasteiger partial charge in [0.05, 0.1) is 24.9 Å². The first-order valence-electron chi connectivity index (χ1n) is 7.90. The molecule has 0 atom stereocenters. The summed E-state index contributed by atoms with van der Waals surface area (Å²) in [5, 5.41) is 14.8. The van der Waals surface area contributed by atoms with Gasteiger partial charge in [0.15, 0.2) is 0 Å². The van der Waals surface area contributed by atoms with E-state index in [9.17, 15) is 4.79 Å². The third-order valence-electron chi connectivity index (χ3n) is 4.91. The van der Waals surface area contributed by atoms with E-state index >= 15 is 0 Å². The molecular weight excluding hydrogens is 298 g/mol. The number of hydrogen-bond acceptors (Lipinski definition) is 6. The number of piperidine rings is 1. The van der Waals surface area contributed by atoms with E-state index in [2.05, 4.69) is 25.1 Å². The van der Waals surface area contributed by atoms with Crippen molar-refractivity contribution < 1.29 is 14.2 Å². The number of hydrogen-bond donors (Lipinski definition) is 1. The van der Waals surface area contributed by atoms with Crippen LogP contribution >= 0.6 is 0 Å². The van der Waals surface area contributed by atoms with Crippen LogP contribution < -0.4 is 0 Å². The SMILES string of the molecule is Cc1nonc1CC(=O)N1CCC2(CC1)OCCc1cn[nH]c12. The first-order valence-corrected chi connectivity index (χ1v) is 7.90. The maximum Gasteiger partial charge on any atom is 0.228 e. The van der Waals surface area contributed by atoms with Gasteiger partial charge in [0, 0.05) is 13.1 Å². The van der Waals surface area contributed by atoms with Gasteiger partial charge in [-0.15, -0.1) is 0 Å². The van der Waals surface area contributed by atoms with Crippen LogP contribution in [0.25, 0.3) is 0 Å². The number of aromatic amines is 1. The topological polar surface area (TPSA) is 97.1 Å². The monoisotopic (exact) mass is 317 g/mol. The predicted octanol–water partition coefficient (Wildman–Crippen LogP) is 0.734. The molecule has 1 saturated heterocycles. The summed E-state index contributed by atoms with van der Waals surface area (Å²) in [6.45, 7) is 3.84. The molecule has 8 heteroatoms. The van der Waals surface area contributed by atoms with E-state index in [1.807, 2.05) is 11.1 Å². The van der Waals surface area contributed by atoms with E-state index < -0.39 is 0 Å². The second-order valence-corrected chi connectivity index (χ2v) is 6.22. The van der Waals surface area contributed by atoms with Crippen molar-refractivity contribution in [3.05, 3.63) is 28.8 Å². The molecule has 8 nitrogen and oxygen atoms in total. The zero-order chi connectivity index (χ0) is 15.9. The molecule has 2 aliphatic heterocycles. The Balaban J connectivity index is 1.44. The van der Waals surface area contributed by atoms with Crippen molar-refractivity contribution >= 4 is 5.91 Å². The van der Waals surface area contributed by atoms with Gasteiger partial charge in [0.2, 0.25) is 5.91 Å². The van der Waals surface area contributed by atoms with Crippen molar-refractivity contribution in [2.75, 3.05) is 19.7 Å². The third kappa shape index (κ3) is 2.42. The molecule has 2 aliphatic rings. The minimum Gasteiger partial charge on any atom is -0.368 e. The van der Waals surface area contributed by atoms with E-state index in [0.717, 1.165) is 25.0 Å². The molecule has 1 fully saturated rings. The lowest BCUT2D eigenvalue weighted by Crippen LogP contribution is -2.48. The summed E-state index contributed by atoms with van der Waals surface area (Å²) < 4.78 is 10.7. The maximum atomic E-state index is 12.4. The van der Waals surface area contributed by atoms with E-state index in [1.54, 1.807) is 6.92 Å². The minimum atomic E-state index is -0.313. The summed E-state index contributed by atoms with van der Waals surface area (Å²) in [6, 6.07) is 0. The summed E-state index contributed by atoms with van der Waals surface area (Å²) in [5.41, 5.74) is 3.30. The molecule has 122 valence electrons. The molecule has 1 N–H and O–H groups in total. The molecule has 0 unspecified atom stereocenters. The van der Waals surface area contributed by atoms with Crippen molar-refractivity contribution in [1.82, 2.24) is 25.4 Å². The number of carbonyl (C=O) groups excluding carboxylic acids is 1. The van der Waals surface area contributed by atoms with Gasteiger partial charge in [-0.05, 0) is 31.7 Å². The van der Waals surface area contributed by atoms with Crippen LogP contribution in [0.2, 0.25) is 0 Å². The minimum absolute atomic E-state index is 0.0549. The molecule has 23 heavy (non-hydrogen) atoms. The lowest BCUT2D eigenvalue weighted by Gasteiger charge is -2.43. The van der Waals surface area contributed by atoms with Gasteiger partial charge in [-0.25, -0.2) is 4.63 Å². The average molecular weight is 317 g/mol. The van der Waals surface area contributed by atoms with E-state index in [1.165, 1.54) is 5.56 Å². The van der Waals surface area contributed by atoms with Crippen LogP contribution in [0.3, 0.4) is 0 Å². The summed E-state index contributed by atoms with van der Waals surface area (Å²) >= 11 is 0. The van der Waals surface area contributed by atoms with Gasteiger partial charge in [-0.3, -0.25) is 9.89 Å². The average Bonchev–Trinajstić information content (AvgIpc) is 3.19. The molecule has 4 rings (SSSR count). The van der Waals surface area contributed by atoms with Crippen LogP contribution in [0, 0.1) is 6.92 Å². The second kappa shape index (κ2) is 5.45. The molecule has 1 spiro atoms. The summed E-state index contributed by atoms with van der Waals surface area (Å²) in [6.07, 6.45) is 4.58. The highest BCUT2D eigenvalue weighted by Crippen LogP contribution is 2.40. The highest BCUT2D eigenvalue weighted by atomic mass is 16.6. The van der Waals surface area contributed by atoms with Crippen molar-refractivity contribution in [1.29, 1.82) is 0 Å².